The van der Waals surface area contributed by atoms with Crippen molar-refractivity contribution in [3.05, 3.63) is 0 Å². The van der Waals surface area contributed by atoms with Gasteiger partial charge in [0.1, 0.15) is 6.04 Å². The summed E-state index contributed by atoms with van der Waals surface area (Å²) in [6, 6.07) is -2.56. The van der Waals surface area contributed by atoms with Gasteiger partial charge in [0.05, 0.1) is 12.5 Å². The van der Waals surface area contributed by atoms with Crippen LogP contribution in [0.4, 0.5) is 4.39 Å². The van der Waals surface area contributed by atoms with Crippen molar-refractivity contribution in [3.8, 4) is 0 Å². The zero-order chi connectivity index (χ0) is 13.6. The molecule has 1 amide bonds. The first-order valence-corrected chi connectivity index (χ1v) is 4.70. The van der Waals surface area contributed by atoms with Crippen LogP contribution in [-0.2, 0) is 19.2 Å². The molecule has 0 bridgehead atoms. The molecule has 0 rings (SSSR count). The van der Waals surface area contributed by atoms with Crippen LogP contribution in [-0.4, -0.2) is 47.3 Å². The molecule has 0 radical (unpaired) electrons. The van der Waals surface area contributed by atoms with Gasteiger partial charge in [-0.3, -0.25) is 19.2 Å². The smallest absolute Gasteiger partial charge is 0.305 e. The average molecular weight is 248 g/mol. The summed E-state index contributed by atoms with van der Waals surface area (Å²) in [5.74, 6) is -4.87. The van der Waals surface area contributed by atoms with Gasteiger partial charge >= 0.3 is 5.97 Å². The van der Waals surface area contributed by atoms with Gasteiger partial charge < -0.3 is 16.2 Å². The number of carbonyl (C=O) groups is 4. The van der Waals surface area contributed by atoms with Gasteiger partial charge in [-0.25, -0.2) is 4.39 Å². The fourth-order valence-corrected chi connectivity index (χ4v) is 0.947. The van der Waals surface area contributed by atoms with E-state index in [1.54, 1.807) is 0 Å². The molecule has 0 spiro atoms. The molecule has 0 fully saturated rings. The van der Waals surface area contributed by atoms with Crippen molar-refractivity contribution in [2.45, 2.75) is 25.4 Å². The minimum atomic E-state index is -1.59. The van der Waals surface area contributed by atoms with Gasteiger partial charge in [0.15, 0.2) is 6.67 Å². The maximum Gasteiger partial charge on any atom is 0.305 e. The fraction of sp³-hybridized carbons (Fsp3) is 0.556. The summed E-state index contributed by atoms with van der Waals surface area (Å²) >= 11 is 0. The van der Waals surface area contributed by atoms with E-state index in [0.29, 0.717) is 0 Å². The van der Waals surface area contributed by atoms with Crippen LogP contribution in [0.25, 0.3) is 0 Å². The summed E-state index contributed by atoms with van der Waals surface area (Å²) in [7, 11) is 0. The van der Waals surface area contributed by atoms with Gasteiger partial charge in [0, 0.05) is 0 Å². The zero-order valence-corrected chi connectivity index (χ0v) is 9.10. The van der Waals surface area contributed by atoms with Crippen molar-refractivity contribution < 1.29 is 28.7 Å². The first-order valence-electron chi connectivity index (χ1n) is 4.70. The molecule has 8 heteroatoms. The largest absolute Gasteiger partial charge is 0.481 e. The number of hydrogen-bond donors (Lipinski definition) is 3. The quantitative estimate of drug-likeness (QED) is 0.466. The molecule has 4 N–H and O–H groups in total. The minimum absolute atomic E-state index is 0.795. The molecule has 0 aliphatic rings. The normalized spacial score (nSPS) is 13.6. The lowest BCUT2D eigenvalue weighted by molar-refractivity contribution is -0.143. The van der Waals surface area contributed by atoms with E-state index >= 15 is 0 Å². The van der Waals surface area contributed by atoms with Crippen molar-refractivity contribution in [1.29, 1.82) is 0 Å². The predicted molar refractivity (Wildman–Crippen MR) is 53.8 cm³/mol. The Balaban J connectivity index is 4.76. The number of carboxylic acid groups (broad SMARTS) is 1. The van der Waals surface area contributed by atoms with Gasteiger partial charge in [-0.1, -0.05) is 0 Å². The Bertz CT molecular complexity index is 342. The van der Waals surface area contributed by atoms with Crippen molar-refractivity contribution >= 4 is 23.4 Å². The maximum atomic E-state index is 12.0. The van der Waals surface area contributed by atoms with Crippen LogP contribution in [0.15, 0.2) is 0 Å². The van der Waals surface area contributed by atoms with E-state index in [2.05, 4.69) is 0 Å². The highest BCUT2D eigenvalue weighted by atomic mass is 19.1. The van der Waals surface area contributed by atoms with Crippen LogP contribution < -0.4 is 11.1 Å². The highest BCUT2D eigenvalue weighted by Crippen LogP contribution is 1.97. The second-order valence-corrected chi connectivity index (χ2v) is 3.37. The SMILES string of the molecule is C[C@H](N)C(=O)NC(CC(=O)O)C(=O)C(=O)CF. The number of Topliss-reactive ketones (excluding diaryl/α,β-unsaturated/α-hetero) is 2. The van der Waals surface area contributed by atoms with Crippen molar-refractivity contribution in [1.82, 2.24) is 5.32 Å². The maximum absolute atomic E-state index is 12.0. The number of carboxylic acids is 1. The molecule has 0 heterocycles. The van der Waals surface area contributed by atoms with E-state index in [4.69, 9.17) is 10.8 Å². The third-order valence-corrected chi connectivity index (χ3v) is 1.82. The number of aliphatic carboxylic acids is 1. The van der Waals surface area contributed by atoms with Crippen LogP contribution in [0.3, 0.4) is 0 Å². The van der Waals surface area contributed by atoms with E-state index < -0.39 is 48.6 Å². The lowest BCUT2D eigenvalue weighted by Gasteiger charge is -2.15. The molecule has 0 aromatic rings. The minimum Gasteiger partial charge on any atom is -0.481 e. The molecule has 1 unspecified atom stereocenters. The summed E-state index contributed by atoms with van der Waals surface area (Å²) in [6.07, 6.45) is -0.803. The number of rotatable bonds is 7. The topological polar surface area (TPSA) is 127 Å². The number of nitrogens with two attached hydrogens (primary N) is 1. The number of carbonyl (C=O) groups excluding carboxylic acids is 3. The van der Waals surface area contributed by atoms with Crippen molar-refractivity contribution in [2.24, 2.45) is 5.73 Å². The predicted octanol–water partition coefficient (Wildman–Crippen LogP) is -1.60. The summed E-state index contributed by atoms with van der Waals surface area (Å²) in [6.45, 7) is -0.225. The third-order valence-electron chi connectivity index (χ3n) is 1.82. The molecular formula is C9H13FN2O5. The molecule has 17 heavy (non-hydrogen) atoms. The Labute approximate surface area is 96.2 Å². The van der Waals surface area contributed by atoms with E-state index in [1.165, 1.54) is 6.92 Å². The monoisotopic (exact) mass is 248 g/mol. The van der Waals surface area contributed by atoms with Crippen molar-refractivity contribution in [2.75, 3.05) is 6.67 Å². The summed E-state index contributed by atoms with van der Waals surface area (Å²) < 4.78 is 12.0. The van der Waals surface area contributed by atoms with Gasteiger partial charge in [0.2, 0.25) is 17.5 Å². The van der Waals surface area contributed by atoms with Crippen LogP contribution in [0, 0.1) is 0 Å². The summed E-state index contributed by atoms with van der Waals surface area (Å²) in [5.41, 5.74) is 5.19. The van der Waals surface area contributed by atoms with Crippen LogP contribution in [0.2, 0.25) is 0 Å². The second-order valence-electron chi connectivity index (χ2n) is 3.37. The van der Waals surface area contributed by atoms with Gasteiger partial charge in [-0.2, -0.15) is 0 Å². The standard InChI is InChI=1S/C9H13FN2O5/c1-4(11)9(17)12-5(2-7(14)15)8(16)6(13)3-10/h4-5H,2-3,11H2,1H3,(H,12,17)(H,14,15)/t4-,5?/m0/s1. The molecule has 96 valence electrons. The van der Waals surface area contributed by atoms with Crippen molar-refractivity contribution in [3.63, 3.8) is 0 Å². The summed E-state index contributed by atoms with van der Waals surface area (Å²) in [5, 5.41) is 10.5. The number of alkyl halides is 1. The van der Waals surface area contributed by atoms with Gasteiger partial charge in [-0.05, 0) is 6.92 Å². The molecule has 2 atom stereocenters. The molecule has 0 aliphatic heterocycles. The van der Waals surface area contributed by atoms with E-state index in [1.807, 2.05) is 5.32 Å². The Morgan fingerprint density at radius 3 is 2.24 bits per heavy atom. The van der Waals surface area contributed by atoms with Crippen LogP contribution in [0.5, 0.6) is 0 Å². The molecule has 0 aromatic carbocycles. The third kappa shape index (κ3) is 5.16. The Hall–Kier alpha value is -1.83. The Morgan fingerprint density at radius 2 is 1.88 bits per heavy atom. The number of amides is 1. The Morgan fingerprint density at radius 1 is 1.35 bits per heavy atom. The molecular weight excluding hydrogens is 235 g/mol. The number of ketones is 2. The zero-order valence-electron chi connectivity index (χ0n) is 9.10. The van der Waals surface area contributed by atoms with Crippen LogP contribution in [0.1, 0.15) is 13.3 Å². The lowest BCUT2D eigenvalue weighted by Crippen LogP contribution is -2.50. The average Bonchev–Trinajstić information content (AvgIpc) is 2.25. The number of hydrogen-bond acceptors (Lipinski definition) is 5. The van der Waals surface area contributed by atoms with E-state index in [-0.39, 0.29) is 0 Å². The molecule has 7 nitrogen and oxygen atoms in total. The van der Waals surface area contributed by atoms with Crippen LogP contribution >= 0.6 is 0 Å². The summed E-state index contributed by atoms with van der Waals surface area (Å²) in [4.78, 5) is 43.6. The van der Waals surface area contributed by atoms with Gasteiger partial charge in [0.25, 0.3) is 0 Å². The highest BCUT2D eigenvalue weighted by Gasteiger charge is 2.29. The van der Waals surface area contributed by atoms with Gasteiger partial charge in [-0.15, -0.1) is 0 Å². The number of nitrogens with one attached hydrogen (secondary N) is 1. The van der Waals surface area contributed by atoms with E-state index in [0.717, 1.165) is 0 Å². The fourth-order valence-electron chi connectivity index (χ4n) is 0.947. The molecule has 0 saturated carbocycles. The highest BCUT2D eigenvalue weighted by molar-refractivity contribution is 6.40. The molecule has 0 saturated heterocycles. The lowest BCUT2D eigenvalue weighted by atomic mass is 10.1. The first-order chi connectivity index (χ1) is 7.79. The number of halogens is 1. The second kappa shape index (κ2) is 6.69. The molecule has 0 aromatic heterocycles. The first kappa shape index (κ1) is 15.2. The molecule has 0 aliphatic carbocycles. The van der Waals surface area contributed by atoms with E-state index in [9.17, 15) is 23.6 Å². The Kier molecular flexibility index (Phi) is 5.97.